The van der Waals surface area contributed by atoms with Crippen LogP contribution < -0.4 is 4.74 Å². The number of aromatic nitrogens is 1. The fourth-order valence-corrected chi connectivity index (χ4v) is 2.25. The number of hydrogen-bond acceptors (Lipinski definition) is 1. The van der Waals surface area contributed by atoms with E-state index in [1.54, 1.807) is 6.08 Å². The lowest BCUT2D eigenvalue weighted by Crippen LogP contribution is -1.91. The molecule has 0 aliphatic heterocycles. The molecule has 0 aliphatic carbocycles. The first-order valence-electron chi connectivity index (χ1n) is 6.04. The van der Waals surface area contributed by atoms with Gasteiger partial charge >= 0.3 is 0 Å². The van der Waals surface area contributed by atoms with Crippen molar-refractivity contribution in [2.24, 2.45) is 0 Å². The van der Waals surface area contributed by atoms with Gasteiger partial charge in [-0.2, -0.15) is 0 Å². The Morgan fingerprint density at radius 1 is 1.11 bits per heavy atom. The zero-order valence-electron chi connectivity index (χ0n) is 10.4. The molecule has 90 valence electrons. The fraction of sp³-hybridized carbons (Fsp3) is 0.125. The van der Waals surface area contributed by atoms with Crippen LogP contribution in [-0.4, -0.2) is 11.6 Å². The molecule has 0 unspecified atom stereocenters. The number of ether oxygens (including phenoxy) is 1. The Morgan fingerprint density at radius 3 is 2.61 bits per heavy atom. The number of nitrogens with one attached hydrogen (secondary N) is 1. The van der Waals surface area contributed by atoms with Gasteiger partial charge in [0.15, 0.2) is 0 Å². The molecule has 1 aromatic heterocycles. The van der Waals surface area contributed by atoms with Crippen molar-refractivity contribution in [3.05, 3.63) is 54.6 Å². The topological polar surface area (TPSA) is 25.0 Å². The first-order valence-corrected chi connectivity index (χ1v) is 6.04. The number of aryl methyl sites for hydroxylation is 1. The Bertz CT molecular complexity index is 724. The van der Waals surface area contributed by atoms with E-state index in [9.17, 15) is 0 Å². The number of benzene rings is 2. The molecule has 2 nitrogen and oxygen atoms in total. The number of hydrogen-bond donors (Lipinski definition) is 1. The van der Waals surface area contributed by atoms with Crippen molar-refractivity contribution in [1.29, 1.82) is 0 Å². The number of rotatable bonds is 3. The minimum Gasteiger partial charge on any atom is -0.489 e. The SMILES string of the molecule is C=CCOc1ccc2c(c1)[nH]c1cc(C)ccc12. The molecule has 0 aliphatic rings. The molecule has 0 fully saturated rings. The Morgan fingerprint density at radius 2 is 1.83 bits per heavy atom. The molecule has 0 radical (unpaired) electrons. The third-order valence-electron chi connectivity index (χ3n) is 3.09. The van der Waals surface area contributed by atoms with Crippen LogP contribution in [0.2, 0.25) is 0 Å². The van der Waals surface area contributed by atoms with Gasteiger partial charge in [0.1, 0.15) is 12.4 Å². The summed E-state index contributed by atoms with van der Waals surface area (Å²) in [4.78, 5) is 3.43. The summed E-state index contributed by atoms with van der Waals surface area (Å²) in [6, 6.07) is 12.6. The lowest BCUT2D eigenvalue weighted by molar-refractivity contribution is 0.364. The molecule has 0 amide bonds. The largest absolute Gasteiger partial charge is 0.489 e. The summed E-state index contributed by atoms with van der Waals surface area (Å²) in [6.07, 6.45) is 1.75. The minimum absolute atomic E-state index is 0.533. The highest BCUT2D eigenvalue weighted by Crippen LogP contribution is 2.28. The molecular formula is C16H15NO. The first kappa shape index (κ1) is 10.9. The van der Waals surface area contributed by atoms with Gasteiger partial charge in [-0.1, -0.05) is 24.8 Å². The molecule has 3 rings (SSSR count). The van der Waals surface area contributed by atoms with Crippen molar-refractivity contribution < 1.29 is 4.74 Å². The predicted molar refractivity (Wildman–Crippen MR) is 76.2 cm³/mol. The summed E-state index contributed by atoms with van der Waals surface area (Å²) in [7, 11) is 0. The molecule has 2 heteroatoms. The molecule has 0 bridgehead atoms. The van der Waals surface area contributed by atoms with E-state index in [0.29, 0.717) is 6.61 Å². The number of fused-ring (bicyclic) bond motifs is 3. The summed E-state index contributed by atoms with van der Waals surface area (Å²) in [6.45, 7) is 6.28. The third-order valence-corrected chi connectivity index (χ3v) is 3.09. The van der Waals surface area contributed by atoms with E-state index >= 15 is 0 Å². The summed E-state index contributed by atoms with van der Waals surface area (Å²) in [5, 5.41) is 2.49. The van der Waals surface area contributed by atoms with Crippen LogP contribution in [0.4, 0.5) is 0 Å². The molecule has 1 N–H and O–H groups in total. The lowest BCUT2D eigenvalue weighted by atomic mass is 10.1. The van der Waals surface area contributed by atoms with Crippen LogP contribution in [0.15, 0.2) is 49.1 Å². The van der Waals surface area contributed by atoms with Gasteiger partial charge < -0.3 is 9.72 Å². The molecule has 3 aromatic rings. The Balaban J connectivity index is 2.16. The highest BCUT2D eigenvalue weighted by Gasteiger charge is 2.05. The maximum Gasteiger partial charge on any atom is 0.121 e. The van der Waals surface area contributed by atoms with Crippen LogP contribution in [0.5, 0.6) is 5.75 Å². The third kappa shape index (κ3) is 1.76. The maximum atomic E-state index is 5.54. The van der Waals surface area contributed by atoms with Crippen molar-refractivity contribution in [3.63, 3.8) is 0 Å². The molecule has 18 heavy (non-hydrogen) atoms. The Kier molecular flexibility index (Phi) is 2.56. The zero-order chi connectivity index (χ0) is 12.5. The average molecular weight is 237 g/mol. The van der Waals surface area contributed by atoms with Crippen LogP contribution in [0.25, 0.3) is 21.8 Å². The predicted octanol–water partition coefficient (Wildman–Crippen LogP) is 4.19. The van der Waals surface area contributed by atoms with E-state index in [4.69, 9.17) is 4.74 Å². The molecule has 1 heterocycles. The quantitative estimate of drug-likeness (QED) is 0.679. The molecule has 0 saturated heterocycles. The van der Waals surface area contributed by atoms with Gasteiger partial charge in [-0.05, 0) is 30.7 Å². The van der Waals surface area contributed by atoms with Crippen LogP contribution in [0, 0.1) is 6.92 Å². The number of aromatic amines is 1. The van der Waals surface area contributed by atoms with E-state index in [-0.39, 0.29) is 0 Å². The maximum absolute atomic E-state index is 5.54. The van der Waals surface area contributed by atoms with E-state index in [1.165, 1.54) is 21.9 Å². The van der Waals surface area contributed by atoms with Crippen LogP contribution in [0.3, 0.4) is 0 Å². The summed E-state index contributed by atoms with van der Waals surface area (Å²) >= 11 is 0. The molecule has 0 atom stereocenters. The van der Waals surface area contributed by atoms with Gasteiger partial charge in [0, 0.05) is 22.4 Å². The minimum atomic E-state index is 0.533. The second-order valence-electron chi connectivity index (χ2n) is 4.48. The fourth-order valence-electron chi connectivity index (χ4n) is 2.25. The first-order chi connectivity index (χ1) is 8.78. The Hall–Kier alpha value is -2.22. The van der Waals surface area contributed by atoms with Gasteiger partial charge in [-0.25, -0.2) is 0 Å². The highest BCUT2D eigenvalue weighted by molar-refractivity contribution is 6.07. The van der Waals surface area contributed by atoms with Crippen LogP contribution in [-0.2, 0) is 0 Å². The molecular weight excluding hydrogens is 222 g/mol. The smallest absolute Gasteiger partial charge is 0.121 e. The molecule has 0 saturated carbocycles. The van der Waals surface area contributed by atoms with E-state index in [1.807, 2.05) is 12.1 Å². The van der Waals surface area contributed by atoms with Crippen molar-refractivity contribution >= 4 is 21.8 Å². The number of H-pyrrole nitrogens is 1. The monoisotopic (exact) mass is 237 g/mol. The van der Waals surface area contributed by atoms with Gasteiger partial charge in [-0.15, -0.1) is 0 Å². The molecule has 0 spiro atoms. The van der Waals surface area contributed by atoms with E-state index < -0.39 is 0 Å². The van der Waals surface area contributed by atoms with Crippen LogP contribution >= 0.6 is 0 Å². The van der Waals surface area contributed by atoms with E-state index in [0.717, 1.165) is 11.3 Å². The lowest BCUT2D eigenvalue weighted by Gasteiger charge is -2.02. The zero-order valence-corrected chi connectivity index (χ0v) is 10.4. The standard InChI is InChI=1S/C16H15NO/c1-3-8-18-12-5-7-14-13-6-4-11(2)9-15(13)17-16(14)10-12/h3-7,9-10,17H,1,8H2,2H3. The summed E-state index contributed by atoms with van der Waals surface area (Å²) in [5.41, 5.74) is 3.54. The second kappa shape index (κ2) is 4.22. The average Bonchev–Trinajstić information content (AvgIpc) is 2.72. The van der Waals surface area contributed by atoms with Crippen molar-refractivity contribution in [3.8, 4) is 5.75 Å². The van der Waals surface area contributed by atoms with Gasteiger partial charge in [0.25, 0.3) is 0 Å². The van der Waals surface area contributed by atoms with Gasteiger partial charge in [0.2, 0.25) is 0 Å². The molecule has 2 aromatic carbocycles. The van der Waals surface area contributed by atoms with Crippen molar-refractivity contribution in [1.82, 2.24) is 4.98 Å². The van der Waals surface area contributed by atoms with Gasteiger partial charge in [0.05, 0.1) is 5.52 Å². The van der Waals surface area contributed by atoms with Crippen LogP contribution in [0.1, 0.15) is 5.56 Å². The Labute approximate surface area is 106 Å². The van der Waals surface area contributed by atoms with Crippen molar-refractivity contribution in [2.45, 2.75) is 6.92 Å². The van der Waals surface area contributed by atoms with E-state index in [2.05, 4.69) is 42.8 Å². The second-order valence-corrected chi connectivity index (χ2v) is 4.48. The highest BCUT2D eigenvalue weighted by atomic mass is 16.5. The van der Waals surface area contributed by atoms with Crippen molar-refractivity contribution in [2.75, 3.05) is 6.61 Å². The van der Waals surface area contributed by atoms with Gasteiger partial charge in [-0.3, -0.25) is 0 Å². The normalized spacial score (nSPS) is 10.9. The summed E-state index contributed by atoms with van der Waals surface area (Å²) < 4.78 is 5.54. The summed E-state index contributed by atoms with van der Waals surface area (Å²) in [5.74, 6) is 0.866.